The van der Waals surface area contributed by atoms with Crippen LogP contribution >= 0.6 is 0 Å². The van der Waals surface area contributed by atoms with Crippen molar-refractivity contribution in [1.29, 1.82) is 0 Å². The van der Waals surface area contributed by atoms with E-state index in [0.29, 0.717) is 18.7 Å². The summed E-state index contributed by atoms with van der Waals surface area (Å²) in [5.74, 6) is -13.1. The minimum Gasteiger partial charge on any atom is -0.429 e. The maximum Gasteiger partial charge on any atom is 0.514 e. The van der Waals surface area contributed by atoms with E-state index in [1.165, 1.54) is 29.2 Å². The van der Waals surface area contributed by atoms with Crippen LogP contribution in [0.2, 0.25) is 0 Å². The van der Waals surface area contributed by atoms with Crippen molar-refractivity contribution in [2.45, 2.75) is 6.61 Å². The van der Waals surface area contributed by atoms with Crippen molar-refractivity contribution in [1.82, 2.24) is 9.80 Å². The van der Waals surface area contributed by atoms with Crippen LogP contribution in [0.15, 0.2) is 24.3 Å². The van der Waals surface area contributed by atoms with E-state index in [1.807, 2.05) is 19.0 Å². The van der Waals surface area contributed by atoms with Crippen LogP contribution in [0.4, 0.5) is 31.5 Å². The Bertz CT molecular complexity index is 956. The zero-order valence-corrected chi connectivity index (χ0v) is 17.3. The Kier molecular flexibility index (Phi) is 8.35. The number of ether oxygens (including phenoxy) is 3. The van der Waals surface area contributed by atoms with Gasteiger partial charge >= 0.3 is 12.2 Å². The molecule has 0 aliphatic heterocycles. The third-order valence-electron chi connectivity index (χ3n) is 4.03. The van der Waals surface area contributed by atoms with E-state index in [0.717, 1.165) is 0 Å². The van der Waals surface area contributed by atoms with Crippen molar-refractivity contribution >= 4 is 12.2 Å². The highest BCUT2D eigenvalue weighted by atomic mass is 19.2. The number of benzene rings is 2. The predicted molar refractivity (Wildman–Crippen MR) is 101 cm³/mol. The monoisotopic (exact) mass is 462 g/mol. The number of carbonyl (C=O) groups excluding carboxylic acids is 2. The minimum absolute atomic E-state index is 0.208. The van der Waals surface area contributed by atoms with Gasteiger partial charge in [0, 0.05) is 20.1 Å². The summed E-state index contributed by atoms with van der Waals surface area (Å²) in [5, 5.41) is 0. The van der Waals surface area contributed by atoms with Gasteiger partial charge in [-0.05, 0) is 31.8 Å². The quantitative estimate of drug-likeness (QED) is 0.203. The smallest absolute Gasteiger partial charge is 0.429 e. The molecule has 12 heteroatoms. The highest BCUT2D eigenvalue weighted by Crippen LogP contribution is 2.29. The van der Waals surface area contributed by atoms with Gasteiger partial charge in [0.25, 0.3) is 0 Å². The van der Waals surface area contributed by atoms with Crippen LogP contribution in [0.3, 0.4) is 0 Å². The van der Waals surface area contributed by atoms with Crippen molar-refractivity contribution in [3.8, 4) is 11.5 Å². The van der Waals surface area contributed by atoms with Gasteiger partial charge in [0.05, 0.1) is 0 Å². The predicted octanol–water partition coefficient (Wildman–Crippen LogP) is 4.09. The highest BCUT2D eigenvalue weighted by molar-refractivity contribution is 5.70. The van der Waals surface area contributed by atoms with Crippen LogP contribution in [0.25, 0.3) is 0 Å². The molecule has 0 saturated heterocycles. The lowest BCUT2D eigenvalue weighted by Crippen LogP contribution is -2.35. The van der Waals surface area contributed by atoms with Crippen molar-refractivity contribution in [2.24, 2.45) is 0 Å². The standard InChI is InChI=1S/C20H19F5N2O5/c1-26(2)8-9-27(3)19(28)31-12-6-4-11(5-7-12)10-30-20(29)32-18-16(24)14(22)13(21)15(23)17(18)25/h4-7H,8-10H2,1-3H3. The third-order valence-corrected chi connectivity index (χ3v) is 4.03. The Balaban J connectivity index is 1.91. The summed E-state index contributed by atoms with van der Waals surface area (Å²) >= 11 is 0. The number of hydrogen-bond acceptors (Lipinski definition) is 6. The summed E-state index contributed by atoms with van der Waals surface area (Å²) in [6, 6.07) is 5.67. The SMILES string of the molecule is CN(C)CCN(C)C(=O)Oc1ccc(COC(=O)Oc2c(F)c(F)c(F)c(F)c2F)cc1. The molecule has 0 aromatic heterocycles. The first-order valence-electron chi connectivity index (χ1n) is 9.04. The largest absolute Gasteiger partial charge is 0.514 e. The first-order valence-corrected chi connectivity index (χ1v) is 9.04. The van der Waals surface area contributed by atoms with Crippen LogP contribution in [0, 0.1) is 29.1 Å². The molecule has 32 heavy (non-hydrogen) atoms. The zero-order chi connectivity index (χ0) is 24.0. The number of amides is 1. The summed E-state index contributed by atoms with van der Waals surface area (Å²) in [4.78, 5) is 26.9. The molecule has 0 bridgehead atoms. The second-order valence-corrected chi connectivity index (χ2v) is 6.78. The molecule has 0 unspecified atom stereocenters. The summed E-state index contributed by atoms with van der Waals surface area (Å²) in [5.41, 5.74) is 0.361. The molecule has 0 aliphatic carbocycles. The number of likely N-dealkylation sites (N-methyl/N-ethyl adjacent to an activating group) is 2. The topological polar surface area (TPSA) is 68.3 Å². The number of nitrogens with zero attached hydrogens (tertiary/aromatic N) is 2. The van der Waals surface area contributed by atoms with E-state index in [4.69, 9.17) is 4.74 Å². The molecule has 0 atom stereocenters. The molecule has 7 nitrogen and oxygen atoms in total. The maximum absolute atomic E-state index is 13.5. The highest BCUT2D eigenvalue weighted by Gasteiger charge is 2.29. The van der Waals surface area contributed by atoms with Crippen LogP contribution in [-0.4, -0.2) is 56.3 Å². The molecule has 174 valence electrons. The molecule has 0 radical (unpaired) electrons. The first-order chi connectivity index (χ1) is 15.0. The molecule has 1 amide bonds. The van der Waals surface area contributed by atoms with E-state index in [2.05, 4.69) is 9.47 Å². The zero-order valence-electron chi connectivity index (χ0n) is 17.3. The fourth-order valence-corrected chi connectivity index (χ4v) is 2.20. The Hall–Kier alpha value is -3.41. The Labute approximate surface area is 179 Å². The summed E-state index contributed by atoms with van der Waals surface area (Å²) in [6.07, 6.45) is -2.27. The van der Waals surface area contributed by atoms with E-state index in [-0.39, 0.29) is 5.75 Å². The van der Waals surface area contributed by atoms with Crippen molar-refractivity contribution in [3.05, 3.63) is 58.9 Å². The average molecular weight is 462 g/mol. The molecule has 2 rings (SSSR count). The average Bonchev–Trinajstić information content (AvgIpc) is 2.77. The Morgan fingerprint density at radius 3 is 1.84 bits per heavy atom. The fourth-order valence-electron chi connectivity index (χ4n) is 2.20. The number of rotatable bonds is 7. The van der Waals surface area contributed by atoms with E-state index < -0.39 is 53.7 Å². The molecule has 0 fully saturated rings. The molecule has 0 heterocycles. The molecule has 0 aliphatic rings. The number of carbonyl (C=O) groups is 2. The lowest BCUT2D eigenvalue weighted by atomic mass is 10.2. The Morgan fingerprint density at radius 2 is 1.31 bits per heavy atom. The molecule has 0 saturated carbocycles. The van der Waals surface area contributed by atoms with Gasteiger partial charge in [0.15, 0.2) is 0 Å². The van der Waals surface area contributed by atoms with Crippen molar-refractivity contribution in [3.63, 3.8) is 0 Å². The number of hydrogen-bond donors (Lipinski definition) is 0. The first kappa shape index (κ1) is 24.9. The normalized spacial score (nSPS) is 10.8. The molecule has 0 spiro atoms. The van der Waals surface area contributed by atoms with Gasteiger partial charge in [0.2, 0.25) is 34.8 Å². The molecular weight excluding hydrogens is 443 g/mol. The van der Waals surface area contributed by atoms with Crippen LogP contribution in [0.5, 0.6) is 11.5 Å². The van der Waals surface area contributed by atoms with Crippen LogP contribution < -0.4 is 9.47 Å². The summed E-state index contributed by atoms with van der Waals surface area (Å²) in [6.45, 7) is 0.636. The Morgan fingerprint density at radius 1 is 0.781 bits per heavy atom. The van der Waals surface area contributed by atoms with Gasteiger partial charge in [-0.15, -0.1) is 0 Å². The second-order valence-electron chi connectivity index (χ2n) is 6.78. The van der Waals surface area contributed by atoms with E-state index >= 15 is 0 Å². The van der Waals surface area contributed by atoms with Crippen LogP contribution in [0.1, 0.15) is 5.56 Å². The summed E-state index contributed by atoms with van der Waals surface area (Å²) in [7, 11) is 5.29. The number of halogens is 5. The van der Waals surface area contributed by atoms with Gasteiger partial charge < -0.3 is 24.0 Å². The van der Waals surface area contributed by atoms with Gasteiger partial charge in [-0.25, -0.2) is 22.8 Å². The third kappa shape index (κ3) is 6.30. The van der Waals surface area contributed by atoms with Crippen molar-refractivity contribution < 1.29 is 45.8 Å². The van der Waals surface area contributed by atoms with Gasteiger partial charge in [-0.3, -0.25) is 0 Å². The van der Waals surface area contributed by atoms with Crippen molar-refractivity contribution in [2.75, 3.05) is 34.2 Å². The van der Waals surface area contributed by atoms with Crippen LogP contribution in [-0.2, 0) is 11.3 Å². The minimum atomic E-state index is -2.38. The lowest BCUT2D eigenvalue weighted by Gasteiger charge is -2.19. The fraction of sp³-hybridized carbons (Fsp3) is 0.300. The van der Waals surface area contributed by atoms with Gasteiger partial charge in [-0.1, -0.05) is 12.1 Å². The second kappa shape index (κ2) is 10.8. The molecule has 0 N–H and O–H groups in total. The van der Waals surface area contributed by atoms with Gasteiger partial charge in [-0.2, -0.15) is 8.78 Å². The van der Waals surface area contributed by atoms with Gasteiger partial charge in [0.1, 0.15) is 12.4 Å². The lowest BCUT2D eigenvalue weighted by molar-refractivity contribution is 0.0887. The summed E-state index contributed by atoms with van der Waals surface area (Å²) < 4.78 is 80.2. The molecule has 2 aromatic carbocycles. The van der Waals surface area contributed by atoms with E-state index in [1.54, 1.807) is 7.05 Å². The molecular formula is C20H19F5N2O5. The molecule has 2 aromatic rings. The van der Waals surface area contributed by atoms with E-state index in [9.17, 15) is 31.5 Å². The maximum atomic E-state index is 13.5.